The SMILES string of the molecule is CCNCC1CCN(Cc2cc(F)cc([N+](=O)[O-])c2)CC1. The van der Waals surface area contributed by atoms with Crippen molar-refractivity contribution in [1.29, 1.82) is 0 Å². The minimum Gasteiger partial charge on any atom is -0.317 e. The van der Waals surface area contributed by atoms with Crippen LogP contribution in [0, 0.1) is 21.8 Å². The molecule has 0 bridgehead atoms. The molecule has 0 atom stereocenters. The first-order valence-electron chi connectivity index (χ1n) is 7.45. The molecule has 1 aliphatic heterocycles. The first kappa shape index (κ1) is 15.9. The fourth-order valence-corrected chi connectivity index (χ4v) is 2.79. The zero-order valence-corrected chi connectivity index (χ0v) is 12.3. The zero-order chi connectivity index (χ0) is 15.2. The molecule has 116 valence electrons. The lowest BCUT2D eigenvalue weighted by Gasteiger charge is -2.32. The van der Waals surface area contributed by atoms with Crippen LogP contribution in [0.25, 0.3) is 0 Å². The molecule has 0 spiro atoms. The first-order valence-corrected chi connectivity index (χ1v) is 7.45. The number of benzene rings is 1. The largest absolute Gasteiger partial charge is 0.317 e. The van der Waals surface area contributed by atoms with Crippen LogP contribution in [0.5, 0.6) is 0 Å². The van der Waals surface area contributed by atoms with Gasteiger partial charge in [-0.05, 0) is 56.6 Å². The summed E-state index contributed by atoms with van der Waals surface area (Å²) in [7, 11) is 0. The standard InChI is InChI=1S/C15H22FN3O2/c1-2-17-10-12-3-5-18(6-4-12)11-13-7-14(16)9-15(8-13)19(20)21/h7-9,12,17H,2-6,10-11H2,1H3. The number of nitrogens with zero attached hydrogens (tertiary/aromatic N) is 2. The molecule has 0 amide bonds. The third kappa shape index (κ3) is 4.75. The molecule has 1 aliphatic rings. The second-order valence-electron chi connectivity index (χ2n) is 5.60. The fraction of sp³-hybridized carbons (Fsp3) is 0.600. The molecule has 0 aliphatic carbocycles. The van der Waals surface area contributed by atoms with Crippen molar-refractivity contribution in [2.75, 3.05) is 26.2 Å². The van der Waals surface area contributed by atoms with Gasteiger partial charge in [0.05, 0.1) is 11.0 Å². The van der Waals surface area contributed by atoms with Crippen LogP contribution in [0.2, 0.25) is 0 Å². The molecule has 1 aromatic rings. The van der Waals surface area contributed by atoms with Gasteiger partial charge in [0.15, 0.2) is 0 Å². The maximum Gasteiger partial charge on any atom is 0.272 e. The average Bonchev–Trinajstić information content (AvgIpc) is 2.46. The normalized spacial score (nSPS) is 17.0. The highest BCUT2D eigenvalue weighted by atomic mass is 19.1. The van der Waals surface area contributed by atoms with Gasteiger partial charge in [-0.25, -0.2) is 4.39 Å². The van der Waals surface area contributed by atoms with Gasteiger partial charge in [-0.15, -0.1) is 0 Å². The summed E-state index contributed by atoms with van der Waals surface area (Å²) in [6.45, 7) is 6.64. The van der Waals surface area contributed by atoms with Gasteiger partial charge in [-0.2, -0.15) is 0 Å². The Bertz CT molecular complexity index is 488. The highest BCUT2D eigenvalue weighted by molar-refractivity contribution is 5.35. The lowest BCUT2D eigenvalue weighted by Crippen LogP contribution is -2.36. The maximum absolute atomic E-state index is 13.4. The summed E-state index contributed by atoms with van der Waals surface area (Å²) in [5.74, 6) is 0.157. The van der Waals surface area contributed by atoms with Gasteiger partial charge in [0.2, 0.25) is 0 Å². The Kier molecular flexibility index (Phi) is 5.64. The Morgan fingerprint density at radius 3 is 2.71 bits per heavy atom. The Balaban J connectivity index is 1.90. The van der Waals surface area contributed by atoms with Gasteiger partial charge in [0.1, 0.15) is 5.82 Å². The van der Waals surface area contributed by atoms with Crippen molar-refractivity contribution >= 4 is 5.69 Å². The molecule has 21 heavy (non-hydrogen) atoms. The van der Waals surface area contributed by atoms with Gasteiger partial charge >= 0.3 is 0 Å². The van der Waals surface area contributed by atoms with Gasteiger partial charge in [0, 0.05) is 12.6 Å². The van der Waals surface area contributed by atoms with E-state index < -0.39 is 10.7 Å². The number of hydrogen-bond acceptors (Lipinski definition) is 4. The smallest absolute Gasteiger partial charge is 0.272 e. The second kappa shape index (κ2) is 7.47. The summed E-state index contributed by atoms with van der Waals surface area (Å²) < 4.78 is 13.4. The highest BCUT2D eigenvalue weighted by Crippen LogP contribution is 2.21. The third-order valence-corrected chi connectivity index (χ3v) is 3.95. The van der Waals surface area contributed by atoms with Crippen LogP contribution in [0.15, 0.2) is 18.2 Å². The van der Waals surface area contributed by atoms with E-state index in [4.69, 9.17) is 0 Å². The molecular formula is C15H22FN3O2. The summed E-state index contributed by atoms with van der Waals surface area (Å²) in [5, 5.41) is 14.1. The van der Waals surface area contributed by atoms with Crippen LogP contribution in [0.1, 0.15) is 25.3 Å². The number of piperidine rings is 1. The topological polar surface area (TPSA) is 58.4 Å². The number of rotatable bonds is 6. The van der Waals surface area contributed by atoms with E-state index in [-0.39, 0.29) is 5.69 Å². The maximum atomic E-state index is 13.4. The molecule has 0 aromatic heterocycles. The fourth-order valence-electron chi connectivity index (χ4n) is 2.79. The molecule has 1 heterocycles. The monoisotopic (exact) mass is 295 g/mol. The van der Waals surface area contributed by atoms with Gasteiger partial charge in [-0.1, -0.05) is 6.92 Å². The van der Waals surface area contributed by atoms with E-state index in [2.05, 4.69) is 17.1 Å². The van der Waals surface area contributed by atoms with Crippen LogP contribution < -0.4 is 5.32 Å². The van der Waals surface area contributed by atoms with E-state index >= 15 is 0 Å². The molecule has 5 nitrogen and oxygen atoms in total. The number of nitrogens with one attached hydrogen (secondary N) is 1. The summed E-state index contributed by atoms with van der Waals surface area (Å²) in [6, 6.07) is 3.82. The van der Waals surface area contributed by atoms with Crippen LogP contribution in [0.3, 0.4) is 0 Å². The summed E-state index contributed by atoms with van der Waals surface area (Å²) in [4.78, 5) is 12.4. The molecule has 1 N–H and O–H groups in total. The number of nitro groups is 1. The minimum atomic E-state index is -0.546. The number of likely N-dealkylation sites (tertiary alicyclic amines) is 1. The van der Waals surface area contributed by atoms with E-state index in [1.165, 1.54) is 12.1 Å². The van der Waals surface area contributed by atoms with Crippen LogP contribution in [-0.4, -0.2) is 36.0 Å². The summed E-state index contributed by atoms with van der Waals surface area (Å²) in [5.41, 5.74) is 0.499. The summed E-state index contributed by atoms with van der Waals surface area (Å²) >= 11 is 0. The quantitative estimate of drug-likeness (QED) is 0.647. The zero-order valence-electron chi connectivity index (χ0n) is 12.3. The van der Waals surface area contributed by atoms with E-state index in [1.54, 1.807) is 0 Å². The number of non-ortho nitro benzene ring substituents is 1. The highest BCUT2D eigenvalue weighted by Gasteiger charge is 2.19. The van der Waals surface area contributed by atoms with Crippen molar-refractivity contribution in [3.05, 3.63) is 39.7 Å². The van der Waals surface area contributed by atoms with E-state index in [0.29, 0.717) is 18.0 Å². The predicted octanol–water partition coefficient (Wildman–Crippen LogP) is 2.56. The molecule has 0 saturated carbocycles. The van der Waals surface area contributed by atoms with Crippen molar-refractivity contribution in [2.45, 2.75) is 26.3 Å². The molecule has 6 heteroatoms. The van der Waals surface area contributed by atoms with Gasteiger partial charge in [0.25, 0.3) is 5.69 Å². The van der Waals surface area contributed by atoms with Crippen molar-refractivity contribution in [2.24, 2.45) is 5.92 Å². The van der Waals surface area contributed by atoms with Crippen LogP contribution in [-0.2, 0) is 6.54 Å². The first-order chi connectivity index (χ1) is 10.1. The second-order valence-corrected chi connectivity index (χ2v) is 5.60. The molecule has 1 fully saturated rings. The Morgan fingerprint density at radius 2 is 2.10 bits per heavy atom. The van der Waals surface area contributed by atoms with Crippen molar-refractivity contribution in [3.63, 3.8) is 0 Å². The van der Waals surface area contributed by atoms with Crippen LogP contribution in [0.4, 0.5) is 10.1 Å². The number of nitro benzene ring substituents is 1. The van der Waals surface area contributed by atoms with Crippen molar-refractivity contribution in [1.82, 2.24) is 10.2 Å². The van der Waals surface area contributed by atoms with Crippen molar-refractivity contribution in [3.8, 4) is 0 Å². The summed E-state index contributed by atoms with van der Waals surface area (Å²) in [6.07, 6.45) is 2.23. The van der Waals surface area contributed by atoms with Crippen molar-refractivity contribution < 1.29 is 9.31 Å². The Labute approximate surface area is 124 Å². The number of halogens is 1. The lowest BCUT2D eigenvalue weighted by atomic mass is 9.96. The van der Waals surface area contributed by atoms with E-state index in [1.807, 2.05) is 0 Å². The third-order valence-electron chi connectivity index (χ3n) is 3.95. The van der Waals surface area contributed by atoms with E-state index in [0.717, 1.165) is 45.1 Å². The lowest BCUT2D eigenvalue weighted by molar-refractivity contribution is -0.385. The molecule has 2 rings (SSSR count). The minimum absolute atomic E-state index is 0.174. The molecule has 0 radical (unpaired) electrons. The molecule has 1 aromatic carbocycles. The Morgan fingerprint density at radius 1 is 1.38 bits per heavy atom. The molecular weight excluding hydrogens is 273 g/mol. The van der Waals surface area contributed by atoms with Crippen LogP contribution >= 0.6 is 0 Å². The molecule has 1 saturated heterocycles. The molecule has 0 unspecified atom stereocenters. The average molecular weight is 295 g/mol. The van der Waals surface area contributed by atoms with Gasteiger partial charge in [-0.3, -0.25) is 15.0 Å². The predicted molar refractivity (Wildman–Crippen MR) is 79.6 cm³/mol. The van der Waals surface area contributed by atoms with Gasteiger partial charge < -0.3 is 5.32 Å². The number of hydrogen-bond donors (Lipinski definition) is 1. The Hall–Kier alpha value is -1.53. The van der Waals surface area contributed by atoms with E-state index in [9.17, 15) is 14.5 Å².